The van der Waals surface area contributed by atoms with Crippen molar-refractivity contribution in [2.45, 2.75) is 31.4 Å². The molecule has 0 aromatic carbocycles. The van der Waals surface area contributed by atoms with E-state index in [4.69, 9.17) is 0 Å². The molecule has 1 aromatic rings. The minimum absolute atomic E-state index is 0.336. The van der Waals surface area contributed by atoms with Gasteiger partial charge in [-0.3, -0.25) is 5.10 Å². The largest absolute Gasteiger partial charge is 0.435 e. The lowest BCUT2D eigenvalue weighted by Gasteiger charge is -2.11. The van der Waals surface area contributed by atoms with Gasteiger partial charge in [-0.05, 0) is 25.2 Å². The number of nitrogens with one attached hydrogen (secondary N) is 1. The number of rotatable bonds is 0. The standard InChI is InChI=1S/C9H9F3N2/c10-9(11,12)8-5-2-1-4-3-6(4)7(5)13-14-8/h4,6H,1-3H2,(H,13,14). The van der Waals surface area contributed by atoms with E-state index < -0.39 is 11.9 Å². The van der Waals surface area contributed by atoms with Crippen LogP contribution in [-0.2, 0) is 12.6 Å². The minimum atomic E-state index is -4.30. The van der Waals surface area contributed by atoms with E-state index in [2.05, 4.69) is 10.2 Å². The van der Waals surface area contributed by atoms with E-state index in [9.17, 15) is 13.2 Å². The number of H-pyrrole nitrogens is 1. The average molecular weight is 202 g/mol. The number of alkyl halides is 3. The summed E-state index contributed by atoms with van der Waals surface area (Å²) in [5.41, 5.74) is 0.461. The van der Waals surface area contributed by atoms with Crippen LogP contribution in [0.15, 0.2) is 0 Å². The second kappa shape index (κ2) is 2.32. The molecule has 3 rings (SSSR count). The zero-order valence-electron chi connectivity index (χ0n) is 7.36. The van der Waals surface area contributed by atoms with Gasteiger partial charge in [0.1, 0.15) is 0 Å². The van der Waals surface area contributed by atoms with Crippen LogP contribution in [0.3, 0.4) is 0 Å². The van der Waals surface area contributed by atoms with Gasteiger partial charge in [-0.2, -0.15) is 18.3 Å². The maximum absolute atomic E-state index is 12.5. The molecule has 5 heteroatoms. The van der Waals surface area contributed by atoms with Crippen molar-refractivity contribution in [3.05, 3.63) is 17.0 Å². The summed E-state index contributed by atoms with van der Waals surface area (Å²) < 4.78 is 37.4. The maximum Gasteiger partial charge on any atom is 0.435 e. The maximum atomic E-state index is 12.5. The fourth-order valence-corrected chi connectivity index (χ4v) is 2.42. The van der Waals surface area contributed by atoms with Gasteiger partial charge in [-0.25, -0.2) is 0 Å². The number of hydrogen-bond donors (Lipinski definition) is 1. The van der Waals surface area contributed by atoms with Gasteiger partial charge in [0.15, 0.2) is 5.69 Å². The third-order valence-corrected chi connectivity index (χ3v) is 3.23. The van der Waals surface area contributed by atoms with Crippen LogP contribution < -0.4 is 0 Å². The summed E-state index contributed by atoms with van der Waals surface area (Å²) in [4.78, 5) is 0. The summed E-state index contributed by atoms with van der Waals surface area (Å²) in [6.45, 7) is 0. The fraction of sp³-hybridized carbons (Fsp3) is 0.667. The molecule has 2 atom stereocenters. The highest BCUT2D eigenvalue weighted by Gasteiger charge is 2.47. The van der Waals surface area contributed by atoms with Crippen molar-refractivity contribution in [2.75, 3.05) is 0 Å². The van der Waals surface area contributed by atoms with Gasteiger partial charge in [0, 0.05) is 17.2 Å². The molecule has 1 heterocycles. The Morgan fingerprint density at radius 3 is 2.86 bits per heavy atom. The highest BCUT2D eigenvalue weighted by molar-refractivity contribution is 5.36. The third-order valence-electron chi connectivity index (χ3n) is 3.23. The molecule has 0 radical (unpaired) electrons. The van der Waals surface area contributed by atoms with Crippen LogP contribution in [0, 0.1) is 5.92 Å². The van der Waals surface area contributed by atoms with E-state index in [0.29, 0.717) is 23.8 Å². The Balaban J connectivity index is 2.08. The lowest BCUT2D eigenvalue weighted by molar-refractivity contribution is -0.141. The molecule has 2 aliphatic carbocycles. The van der Waals surface area contributed by atoms with Gasteiger partial charge in [-0.1, -0.05) is 0 Å². The summed E-state index contributed by atoms with van der Waals surface area (Å²) >= 11 is 0. The molecule has 1 fully saturated rings. The number of hydrogen-bond acceptors (Lipinski definition) is 1. The van der Waals surface area contributed by atoms with Crippen molar-refractivity contribution < 1.29 is 13.2 Å². The molecule has 14 heavy (non-hydrogen) atoms. The van der Waals surface area contributed by atoms with Crippen molar-refractivity contribution in [1.29, 1.82) is 0 Å². The molecule has 0 saturated heterocycles. The number of halogens is 3. The quantitative estimate of drug-likeness (QED) is 0.687. The highest BCUT2D eigenvalue weighted by atomic mass is 19.4. The fourth-order valence-electron chi connectivity index (χ4n) is 2.42. The van der Waals surface area contributed by atoms with Gasteiger partial charge in [0.2, 0.25) is 0 Å². The molecule has 2 nitrogen and oxygen atoms in total. The third kappa shape index (κ3) is 1.01. The molecule has 1 saturated carbocycles. The second-order valence-electron chi connectivity index (χ2n) is 4.10. The summed E-state index contributed by atoms with van der Waals surface area (Å²) in [7, 11) is 0. The Labute approximate surface area is 78.5 Å². The molecule has 0 aliphatic heterocycles. The summed E-state index contributed by atoms with van der Waals surface area (Å²) in [5.74, 6) is 0.950. The second-order valence-corrected chi connectivity index (χ2v) is 4.10. The summed E-state index contributed by atoms with van der Waals surface area (Å²) in [6.07, 6.45) is -1.85. The number of fused-ring (bicyclic) bond motifs is 3. The Morgan fingerprint density at radius 2 is 2.14 bits per heavy atom. The van der Waals surface area contributed by atoms with Gasteiger partial charge >= 0.3 is 6.18 Å². The molecule has 2 aliphatic rings. The monoisotopic (exact) mass is 202 g/mol. The van der Waals surface area contributed by atoms with Crippen LogP contribution >= 0.6 is 0 Å². The zero-order valence-corrected chi connectivity index (χ0v) is 7.36. The Kier molecular flexibility index (Phi) is 1.38. The average Bonchev–Trinajstić information content (AvgIpc) is 2.74. The number of aromatic nitrogens is 2. The normalized spacial score (nSPS) is 29.6. The predicted molar refractivity (Wildman–Crippen MR) is 42.8 cm³/mol. The number of aromatic amines is 1. The summed E-state index contributed by atoms with van der Waals surface area (Å²) in [5, 5.41) is 5.95. The first-order valence-corrected chi connectivity index (χ1v) is 4.71. The molecular weight excluding hydrogens is 193 g/mol. The van der Waals surface area contributed by atoms with Crippen LogP contribution in [-0.4, -0.2) is 10.2 Å². The smallest absolute Gasteiger partial charge is 0.281 e. The van der Waals surface area contributed by atoms with Crippen molar-refractivity contribution in [2.24, 2.45) is 5.92 Å². The minimum Gasteiger partial charge on any atom is -0.281 e. The molecule has 0 amide bonds. The topological polar surface area (TPSA) is 28.7 Å². The van der Waals surface area contributed by atoms with Crippen LogP contribution in [0.1, 0.15) is 35.7 Å². The highest BCUT2D eigenvalue weighted by Crippen LogP contribution is 2.55. The van der Waals surface area contributed by atoms with Crippen LogP contribution in [0.2, 0.25) is 0 Å². The van der Waals surface area contributed by atoms with Gasteiger partial charge in [-0.15, -0.1) is 0 Å². The Bertz CT molecular complexity index is 380. The van der Waals surface area contributed by atoms with Gasteiger partial charge in [0.25, 0.3) is 0 Å². The van der Waals surface area contributed by atoms with Crippen molar-refractivity contribution in [1.82, 2.24) is 10.2 Å². The SMILES string of the molecule is FC(F)(F)c1n[nH]c2c1CCC1CC21. The molecular formula is C9H9F3N2. The molecule has 76 valence electrons. The van der Waals surface area contributed by atoms with Gasteiger partial charge < -0.3 is 0 Å². The van der Waals surface area contributed by atoms with E-state index >= 15 is 0 Å². The van der Waals surface area contributed by atoms with E-state index in [-0.39, 0.29) is 0 Å². The van der Waals surface area contributed by atoms with Crippen LogP contribution in [0.5, 0.6) is 0 Å². The molecule has 1 N–H and O–H groups in total. The molecule has 1 aromatic heterocycles. The van der Waals surface area contributed by atoms with Gasteiger partial charge in [0.05, 0.1) is 0 Å². The Hall–Kier alpha value is -1.00. The van der Waals surface area contributed by atoms with E-state index in [1.54, 1.807) is 0 Å². The van der Waals surface area contributed by atoms with E-state index in [1.165, 1.54) is 0 Å². The molecule has 0 spiro atoms. The van der Waals surface area contributed by atoms with Crippen molar-refractivity contribution in [3.8, 4) is 0 Å². The lowest BCUT2D eigenvalue weighted by Crippen LogP contribution is -2.11. The lowest BCUT2D eigenvalue weighted by atomic mass is 9.96. The van der Waals surface area contributed by atoms with Crippen molar-refractivity contribution in [3.63, 3.8) is 0 Å². The van der Waals surface area contributed by atoms with E-state index in [1.807, 2.05) is 0 Å². The molecule has 0 bridgehead atoms. The molecule has 2 unspecified atom stereocenters. The number of nitrogens with zero attached hydrogens (tertiary/aromatic N) is 1. The first-order chi connectivity index (χ1) is 6.57. The van der Waals surface area contributed by atoms with Crippen LogP contribution in [0.4, 0.5) is 13.2 Å². The predicted octanol–water partition coefficient (Wildman–Crippen LogP) is 2.48. The Morgan fingerprint density at radius 1 is 1.36 bits per heavy atom. The van der Waals surface area contributed by atoms with E-state index in [0.717, 1.165) is 18.5 Å². The first kappa shape index (κ1) is 8.32. The summed E-state index contributed by atoms with van der Waals surface area (Å²) in [6, 6.07) is 0. The van der Waals surface area contributed by atoms with Crippen molar-refractivity contribution >= 4 is 0 Å². The zero-order chi connectivity index (χ0) is 9.92. The van der Waals surface area contributed by atoms with Crippen LogP contribution in [0.25, 0.3) is 0 Å². The first-order valence-electron chi connectivity index (χ1n) is 4.71.